The van der Waals surface area contributed by atoms with Gasteiger partial charge in [-0.15, -0.1) is 0 Å². The van der Waals surface area contributed by atoms with Gasteiger partial charge in [0, 0.05) is 32.4 Å². The number of nitrogens with one attached hydrogen (secondary N) is 1. The van der Waals surface area contributed by atoms with Gasteiger partial charge in [0.1, 0.15) is 0 Å². The molecule has 1 saturated heterocycles. The summed E-state index contributed by atoms with van der Waals surface area (Å²) in [4.78, 5) is 5.78. The predicted molar refractivity (Wildman–Crippen MR) is 63.6 cm³/mol. The van der Waals surface area contributed by atoms with E-state index in [4.69, 9.17) is 0 Å². The lowest BCUT2D eigenvalue weighted by atomic mass is 10.1. The van der Waals surface area contributed by atoms with Gasteiger partial charge in [-0.1, -0.05) is 0 Å². The van der Waals surface area contributed by atoms with Crippen molar-refractivity contribution < 1.29 is 13.2 Å². The van der Waals surface area contributed by atoms with Crippen LogP contribution in [0.4, 0.5) is 18.9 Å². The molecule has 1 N–H and O–H groups in total. The second-order valence-electron chi connectivity index (χ2n) is 4.61. The van der Waals surface area contributed by atoms with Crippen LogP contribution in [0.15, 0.2) is 18.5 Å². The minimum absolute atomic E-state index is 0.0123. The first-order valence-corrected chi connectivity index (χ1v) is 5.91. The fourth-order valence-corrected chi connectivity index (χ4v) is 2.08. The van der Waals surface area contributed by atoms with E-state index in [9.17, 15) is 13.2 Å². The average Bonchev–Trinajstić information content (AvgIpc) is 2.53. The Labute approximate surface area is 104 Å². The van der Waals surface area contributed by atoms with Crippen molar-refractivity contribution in [1.82, 2.24) is 10.3 Å². The van der Waals surface area contributed by atoms with Crippen LogP contribution in [0.3, 0.4) is 0 Å². The van der Waals surface area contributed by atoms with Gasteiger partial charge in [-0.05, 0) is 18.6 Å². The van der Waals surface area contributed by atoms with Crippen molar-refractivity contribution >= 4 is 5.69 Å². The van der Waals surface area contributed by atoms with Crippen molar-refractivity contribution in [2.45, 2.75) is 13.1 Å². The van der Waals surface area contributed by atoms with Crippen molar-refractivity contribution in [3.05, 3.63) is 24.0 Å². The normalized spacial score (nSPS) is 21.8. The Hall–Kier alpha value is -1.30. The van der Waals surface area contributed by atoms with Gasteiger partial charge in [-0.3, -0.25) is 4.98 Å². The zero-order valence-corrected chi connectivity index (χ0v) is 10.2. The number of nitrogens with zero attached hydrogens (tertiary/aromatic N) is 2. The molecule has 2 rings (SSSR count). The van der Waals surface area contributed by atoms with E-state index < -0.39 is 12.1 Å². The number of halogens is 3. The first kappa shape index (κ1) is 13.1. The molecule has 1 aliphatic rings. The smallest absolute Gasteiger partial charge is 0.368 e. The number of pyridine rings is 1. The molecule has 0 aliphatic carbocycles. The summed E-state index contributed by atoms with van der Waals surface area (Å²) in [6, 6.07) is 1.87. The van der Waals surface area contributed by atoms with Crippen molar-refractivity contribution in [3.63, 3.8) is 0 Å². The molecule has 1 atom stereocenters. The van der Waals surface area contributed by atoms with E-state index in [1.165, 1.54) is 0 Å². The highest BCUT2D eigenvalue weighted by Crippen LogP contribution is 2.29. The first-order chi connectivity index (χ1) is 8.47. The predicted octanol–water partition coefficient (Wildman–Crippen LogP) is 1.98. The van der Waals surface area contributed by atoms with Gasteiger partial charge in [0.2, 0.25) is 0 Å². The topological polar surface area (TPSA) is 28.2 Å². The van der Waals surface area contributed by atoms with Crippen LogP contribution in [0.25, 0.3) is 0 Å². The molecule has 1 aliphatic heterocycles. The van der Waals surface area contributed by atoms with Crippen LogP contribution in [0.2, 0.25) is 0 Å². The molecule has 0 saturated carbocycles. The summed E-state index contributed by atoms with van der Waals surface area (Å²) < 4.78 is 38.4. The number of anilines is 1. The van der Waals surface area contributed by atoms with Crippen LogP contribution in [0.1, 0.15) is 5.56 Å². The summed E-state index contributed by atoms with van der Waals surface area (Å²) in [5.41, 5.74) is 1.71. The van der Waals surface area contributed by atoms with Gasteiger partial charge < -0.3 is 10.2 Å². The molecule has 1 aromatic rings. The Morgan fingerprint density at radius 3 is 2.83 bits per heavy atom. The maximum atomic E-state index is 12.8. The monoisotopic (exact) mass is 259 g/mol. The summed E-state index contributed by atoms with van der Waals surface area (Å²) in [6.45, 7) is 2.98. The lowest BCUT2D eigenvalue weighted by Gasteiger charge is -2.27. The van der Waals surface area contributed by atoms with Crippen LogP contribution < -0.4 is 10.2 Å². The summed E-state index contributed by atoms with van der Waals surface area (Å²) in [5.74, 6) is -1.33. The van der Waals surface area contributed by atoms with E-state index in [-0.39, 0.29) is 13.1 Å². The second-order valence-corrected chi connectivity index (χ2v) is 4.61. The lowest BCUT2D eigenvalue weighted by molar-refractivity contribution is -0.169. The highest BCUT2D eigenvalue weighted by molar-refractivity contribution is 5.46. The second kappa shape index (κ2) is 5.14. The van der Waals surface area contributed by atoms with E-state index in [0.717, 1.165) is 11.3 Å². The molecular formula is C12H16F3N3. The van der Waals surface area contributed by atoms with E-state index in [1.54, 1.807) is 17.3 Å². The highest BCUT2D eigenvalue weighted by Gasteiger charge is 2.41. The largest absolute Gasteiger partial charge is 0.394 e. The van der Waals surface area contributed by atoms with Crippen LogP contribution in [-0.2, 0) is 0 Å². The van der Waals surface area contributed by atoms with Crippen LogP contribution in [0, 0.1) is 12.8 Å². The van der Waals surface area contributed by atoms with Gasteiger partial charge >= 0.3 is 6.18 Å². The maximum absolute atomic E-state index is 12.8. The number of hydrogen-bond acceptors (Lipinski definition) is 3. The van der Waals surface area contributed by atoms with E-state index >= 15 is 0 Å². The lowest BCUT2D eigenvalue weighted by Crippen LogP contribution is -2.38. The van der Waals surface area contributed by atoms with E-state index in [1.807, 2.05) is 13.0 Å². The number of hydrogen-bond donors (Lipinski definition) is 1. The summed E-state index contributed by atoms with van der Waals surface area (Å²) in [5, 5.41) is 2.84. The van der Waals surface area contributed by atoms with Crippen LogP contribution in [-0.4, -0.2) is 37.3 Å². The molecule has 2 heterocycles. The maximum Gasteiger partial charge on any atom is 0.394 e. The fraction of sp³-hybridized carbons (Fsp3) is 0.583. The fourth-order valence-electron chi connectivity index (χ4n) is 2.08. The molecule has 1 unspecified atom stereocenters. The van der Waals surface area contributed by atoms with Crippen molar-refractivity contribution in [2.75, 3.05) is 31.1 Å². The quantitative estimate of drug-likeness (QED) is 0.836. The Kier molecular flexibility index (Phi) is 3.75. The molecule has 1 fully saturated rings. The van der Waals surface area contributed by atoms with Crippen molar-refractivity contribution in [2.24, 2.45) is 5.92 Å². The first-order valence-electron chi connectivity index (χ1n) is 5.91. The molecule has 3 nitrogen and oxygen atoms in total. The molecule has 0 radical (unpaired) electrons. The molecular weight excluding hydrogens is 243 g/mol. The number of rotatable bonds is 1. The Balaban J connectivity index is 2.17. The minimum atomic E-state index is -4.16. The van der Waals surface area contributed by atoms with Gasteiger partial charge in [-0.25, -0.2) is 0 Å². The van der Waals surface area contributed by atoms with Gasteiger partial charge in [0.05, 0.1) is 17.8 Å². The molecule has 18 heavy (non-hydrogen) atoms. The molecule has 1 aromatic heterocycles. The number of aryl methyl sites for hydroxylation is 1. The molecule has 0 aromatic carbocycles. The summed E-state index contributed by atoms with van der Waals surface area (Å²) in [6.07, 6.45) is -0.848. The minimum Gasteiger partial charge on any atom is -0.368 e. The summed E-state index contributed by atoms with van der Waals surface area (Å²) >= 11 is 0. The standard InChI is InChI=1S/C12H16F3N3/c1-9-4-11(7-17-5-9)18-3-2-16-6-10(8-18)12(13,14)15/h4-5,7,10,16H,2-3,6,8H2,1H3. The van der Waals surface area contributed by atoms with Crippen molar-refractivity contribution in [3.8, 4) is 0 Å². The van der Waals surface area contributed by atoms with Crippen LogP contribution >= 0.6 is 0 Å². The Morgan fingerprint density at radius 2 is 2.17 bits per heavy atom. The number of aromatic nitrogens is 1. The van der Waals surface area contributed by atoms with Gasteiger partial charge in [0.25, 0.3) is 0 Å². The molecule has 6 heteroatoms. The van der Waals surface area contributed by atoms with Gasteiger partial charge in [-0.2, -0.15) is 13.2 Å². The third-order valence-corrected chi connectivity index (χ3v) is 3.08. The van der Waals surface area contributed by atoms with Crippen molar-refractivity contribution in [1.29, 1.82) is 0 Å². The molecule has 0 bridgehead atoms. The van der Waals surface area contributed by atoms with E-state index in [2.05, 4.69) is 10.3 Å². The molecule has 0 spiro atoms. The summed E-state index contributed by atoms with van der Waals surface area (Å²) in [7, 11) is 0. The highest BCUT2D eigenvalue weighted by atomic mass is 19.4. The third-order valence-electron chi connectivity index (χ3n) is 3.08. The third kappa shape index (κ3) is 3.13. The number of alkyl halides is 3. The van der Waals surface area contributed by atoms with E-state index in [0.29, 0.717) is 13.1 Å². The van der Waals surface area contributed by atoms with Crippen LogP contribution in [0.5, 0.6) is 0 Å². The molecule has 0 amide bonds. The SMILES string of the molecule is Cc1cncc(N2CCNCC(C(F)(F)F)C2)c1. The van der Waals surface area contributed by atoms with Gasteiger partial charge in [0.15, 0.2) is 0 Å². The average molecular weight is 259 g/mol. The Morgan fingerprint density at radius 1 is 1.39 bits per heavy atom. The molecule has 100 valence electrons. The Bertz CT molecular complexity index is 406. The zero-order valence-electron chi connectivity index (χ0n) is 10.2. The zero-order chi connectivity index (χ0) is 13.2.